The summed E-state index contributed by atoms with van der Waals surface area (Å²) in [6.45, 7) is 0. The molecule has 0 rings (SSSR count). The van der Waals surface area contributed by atoms with E-state index in [1.165, 1.54) is 0 Å². The average Bonchev–Trinajstić information content (AvgIpc) is 1.94. The zero-order valence-electron chi connectivity index (χ0n) is 21.5. The van der Waals surface area contributed by atoms with Gasteiger partial charge in [-0.1, -0.05) is 0 Å². The van der Waals surface area contributed by atoms with Gasteiger partial charge in [0, 0.05) is 0 Å². The van der Waals surface area contributed by atoms with Gasteiger partial charge in [0.05, 0.1) is 128 Å². The van der Waals surface area contributed by atoms with Crippen LogP contribution in [0.3, 0.4) is 0 Å². The molecular formula is C16H48N4O7P2. The molecule has 0 unspecified atom stereocenters. The molecule has 0 bridgehead atoms. The molecule has 0 aromatic rings. The van der Waals surface area contributed by atoms with E-state index in [0.29, 0.717) is 0 Å². The second-order valence-electron chi connectivity index (χ2n) is 11.7. The normalized spacial score (nSPS) is 12.6. The van der Waals surface area contributed by atoms with E-state index in [2.05, 4.69) is 117 Å². The van der Waals surface area contributed by atoms with E-state index in [1.54, 1.807) is 0 Å². The molecule has 0 aromatic heterocycles. The molecule has 0 saturated heterocycles. The van der Waals surface area contributed by atoms with Crippen LogP contribution in [-0.2, 0) is 13.4 Å². The van der Waals surface area contributed by atoms with Crippen molar-refractivity contribution in [2.24, 2.45) is 0 Å². The zero-order valence-corrected chi connectivity index (χ0v) is 23.3. The summed E-state index contributed by atoms with van der Waals surface area (Å²) in [5, 5.41) is 0. The van der Waals surface area contributed by atoms with Gasteiger partial charge in [-0.05, 0) is 0 Å². The molecule has 0 radical (unpaired) electrons. The van der Waals surface area contributed by atoms with Crippen molar-refractivity contribution in [3.63, 3.8) is 0 Å². The Morgan fingerprint density at radius 3 is 0.483 bits per heavy atom. The van der Waals surface area contributed by atoms with E-state index in [9.17, 15) is 28.7 Å². The topological polar surface area (TPSA) is 136 Å². The highest BCUT2D eigenvalue weighted by Crippen LogP contribution is 2.42. The summed E-state index contributed by atoms with van der Waals surface area (Å²) in [6.07, 6.45) is 0. The van der Waals surface area contributed by atoms with E-state index in [1.807, 2.05) is 0 Å². The van der Waals surface area contributed by atoms with Crippen molar-refractivity contribution >= 4 is 15.6 Å². The molecule has 0 spiro atoms. The Hall–Kier alpha value is 0.100. The minimum Gasteiger partial charge on any atom is -0.790 e. The number of nitrogens with zero attached hydrogens (tertiary/aromatic N) is 4. The van der Waals surface area contributed by atoms with Crippen molar-refractivity contribution in [2.75, 3.05) is 113 Å². The largest absolute Gasteiger partial charge is 0.790 e. The highest BCUT2D eigenvalue weighted by molar-refractivity contribution is 7.57. The molecule has 0 aliphatic carbocycles. The molecule has 0 aromatic carbocycles. The van der Waals surface area contributed by atoms with Gasteiger partial charge in [0.15, 0.2) is 0 Å². The molecule has 0 aliphatic heterocycles. The van der Waals surface area contributed by atoms with Crippen molar-refractivity contribution in [2.45, 2.75) is 0 Å². The van der Waals surface area contributed by atoms with Crippen LogP contribution < -0.4 is 19.6 Å². The molecule has 0 fully saturated rings. The maximum Gasteiger partial charge on any atom is 0.0675 e. The van der Waals surface area contributed by atoms with Crippen LogP contribution in [0.25, 0.3) is 0 Å². The van der Waals surface area contributed by atoms with Gasteiger partial charge in [0.2, 0.25) is 0 Å². The second kappa shape index (κ2) is 15.0. The van der Waals surface area contributed by atoms with Gasteiger partial charge in [0.25, 0.3) is 0 Å². The minimum atomic E-state index is -5.68. The van der Waals surface area contributed by atoms with E-state index in [4.69, 9.17) is 0 Å². The quantitative estimate of drug-likeness (QED) is 0.335. The third-order valence-corrected chi connectivity index (χ3v) is 1.80. The molecule has 0 amide bonds. The number of phosphoric acid groups is 2. The van der Waals surface area contributed by atoms with Gasteiger partial charge in [-0.3, -0.25) is 0 Å². The molecule has 29 heavy (non-hydrogen) atoms. The maximum atomic E-state index is 9.32. The Morgan fingerprint density at radius 1 is 0.414 bits per heavy atom. The Bertz CT molecular complexity index is 387. The standard InChI is InChI=1S/4C4H12N.H4O7P2/c4*1-5(2,3)4;1-8(2,3)7-9(4,5)6/h4*1-4H3;(H2,1,2,3)(H2,4,5,6)/q4*+1;/p-4. The summed E-state index contributed by atoms with van der Waals surface area (Å²) in [5.74, 6) is 0. The van der Waals surface area contributed by atoms with Crippen molar-refractivity contribution < 1.29 is 50.9 Å². The minimum absolute atomic E-state index is 1.00. The van der Waals surface area contributed by atoms with Crippen LogP contribution in [0.2, 0.25) is 0 Å². The highest BCUT2D eigenvalue weighted by Gasteiger charge is 1.93. The van der Waals surface area contributed by atoms with Crippen LogP contribution in [0, 0.1) is 0 Å². The van der Waals surface area contributed by atoms with Crippen molar-refractivity contribution in [1.82, 2.24) is 0 Å². The van der Waals surface area contributed by atoms with Crippen LogP contribution in [-0.4, -0.2) is 131 Å². The molecule has 13 heteroatoms. The third-order valence-electron chi connectivity index (χ3n) is 0.200. The fourth-order valence-corrected chi connectivity index (χ4v) is 1.10. The molecule has 0 aliphatic rings. The predicted molar refractivity (Wildman–Crippen MR) is 112 cm³/mol. The zero-order chi connectivity index (χ0) is 25.7. The maximum absolute atomic E-state index is 9.32. The van der Waals surface area contributed by atoms with Crippen LogP contribution in [0.5, 0.6) is 0 Å². The number of hydrogen-bond donors (Lipinski definition) is 0. The summed E-state index contributed by atoms with van der Waals surface area (Å²) >= 11 is 0. The van der Waals surface area contributed by atoms with E-state index < -0.39 is 15.6 Å². The fraction of sp³-hybridized carbons (Fsp3) is 1.00. The lowest BCUT2D eigenvalue weighted by atomic mass is 10.8. The molecule has 0 atom stereocenters. The lowest BCUT2D eigenvalue weighted by Gasteiger charge is -2.39. The third kappa shape index (κ3) is 514. The lowest BCUT2D eigenvalue weighted by Crippen LogP contribution is -2.27. The molecule has 0 N–H and O–H groups in total. The summed E-state index contributed by atoms with van der Waals surface area (Å²) < 4.78 is 25.2. The van der Waals surface area contributed by atoms with Crippen LogP contribution in [0.4, 0.5) is 0 Å². The Morgan fingerprint density at radius 2 is 0.483 bits per heavy atom. The van der Waals surface area contributed by atoms with Crippen molar-refractivity contribution in [1.29, 1.82) is 0 Å². The SMILES string of the molecule is C[N+](C)(C)C.C[N+](C)(C)C.C[N+](C)(C)C.C[N+](C)(C)C.O=P([O-])([O-])OP(=O)([O-])[O-]. The lowest BCUT2D eigenvalue weighted by molar-refractivity contribution is -0.849. The summed E-state index contributed by atoms with van der Waals surface area (Å²) in [6, 6.07) is 0. The van der Waals surface area contributed by atoms with Gasteiger partial charge in [-0.25, -0.2) is 0 Å². The summed E-state index contributed by atoms with van der Waals surface area (Å²) in [7, 11) is 22.6. The van der Waals surface area contributed by atoms with Gasteiger partial charge in [-0.2, -0.15) is 0 Å². The highest BCUT2D eigenvalue weighted by atomic mass is 31.3. The van der Waals surface area contributed by atoms with Crippen LogP contribution in [0.15, 0.2) is 0 Å². The predicted octanol–water partition coefficient (Wildman–Crippen LogP) is -2.05. The van der Waals surface area contributed by atoms with Gasteiger partial charge in [0.1, 0.15) is 0 Å². The molecular weight excluding hydrogens is 422 g/mol. The molecule has 0 heterocycles. The number of rotatable bonds is 2. The first-order valence-electron chi connectivity index (χ1n) is 8.62. The van der Waals surface area contributed by atoms with Crippen LogP contribution in [0.1, 0.15) is 0 Å². The summed E-state index contributed by atoms with van der Waals surface area (Å²) in [4.78, 5) is 37.3. The smallest absolute Gasteiger partial charge is 0.0675 e. The first-order chi connectivity index (χ1) is 11.7. The number of hydrogen-bond acceptors (Lipinski definition) is 7. The van der Waals surface area contributed by atoms with E-state index in [-0.39, 0.29) is 0 Å². The Labute approximate surface area is 180 Å². The summed E-state index contributed by atoms with van der Waals surface area (Å²) in [5.41, 5.74) is 0. The van der Waals surface area contributed by atoms with Crippen molar-refractivity contribution in [3.8, 4) is 0 Å². The van der Waals surface area contributed by atoms with E-state index in [0.717, 1.165) is 17.9 Å². The van der Waals surface area contributed by atoms with Crippen LogP contribution >= 0.6 is 15.6 Å². The second-order valence-corrected chi connectivity index (χ2v) is 14.2. The van der Waals surface area contributed by atoms with Gasteiger partial charge >= 0.3 is 0 Å². The number of quaternary nitrogens is 4. The molecule has 0 saturated carbocycles. The molecule has 184 valence electrons. The first kappa shape index (κ1) is 39.6. The molecule has 11 nitrogen and oxygen atoms in total. The van der Waals surface area contributed by atoms with E-state index >= 15 is 0 Å². The first-order valence-corrected chi connectivity index (χ1v) is 11.5. The van der Waals surface area contributed by atoms with Crippen molar-refractivity contribution in [3.05, 3.63) is 0 Å². The van der Waals surface area contributed by atoms with Gasteiger partial charge < -0.3 is 50.9 Å². The fourth-order valence-electron chi connectivity index (χ4n) is 0.122. The average molecular weight is 471 g/mol. The Balaban J connectivity index is -0.0000000853. The monoisotopic (exact) mass is 470 g/mol. The van der Waals surface area contributed by atoms with Gasteiger partial charge in [-0.15, -0.1) is 0 Å². The Kier molecular flexibility index (Phi) is 20.5.